The smallest absolute Gasteiger partial charge is 0.391 e. The summed E-state index contributed by atoms with van der Waals surface area (Å²) in [6, 6.07) is 4.02. The van der Waals surface area contributed by atoms with E-state index in [1.807, 2.05) is 0 Å². The molecule has 1 atom stereocenters. The second-order valence-electron chi connectivity index (χ2n) is 10.2. The fourth-order valence-corrected chi connectivity index (χ4v) is 4.69. The number of rotatable bonds is 9. The summed E-state index contributed by atoms with van der Waals surface area (Å²) in [4.78, 5) is 13.0. The zero-order chi connectivity index (χ0) is 30.3. The lowest BCUT2D eigenvalue weighted by molar-refractivity contribution is -0.169. The van der Waals surface area contributed by atoms with E-state index in [9.17, 15) is 31.9 Å². The molecule has 14 heteroatoms. The maximum atomic E-state index is 13.2. The predicted molar refractivity (Wildman–Crippen MR) is 137 cm³/mol. The van der Waals surface area contributed by atoms with Crippen LogP contribution in [-0.2, 0) is 24.5 Å². The number of hydrogen-bond donors (Lipinski definition) is 2. The Labute approximate surface area is 232 Å². The highest BCUT2D eigenvalue weighted by atomic mass is 32.1. The van der Waals surface area contributed by atoms with Crippen LogP contribution in [0.2, 0.25) is 0 Å². The molecule has 1 amide bonds. The lowest BCUT2D eigenvalue weighted by Crippen LogP contribution is -2.45. The molecule has 0 unspecified atom stereocenters. The van der Waals surface area contributed by atoms with Crippen molar-refractivity contribution in [1.82, 2.24) is 15.1 Å². The Morgan fingerprint density at radius 1 is 1.27 bits per heavy atom. The summed E-state index contributed by atoms with van der Waals surface area (Å²) in [7, 11) is 0. The molecule has 2 N–H and O–H groups in total. The number of alkyl halides is 5. The van der Waals surface area contributed by atoms with Crippen LogP contribution in [0.3, 0.4) is 0 Å². The number of ether oxygens (including phenoxy) is 1. The van der Waals surface area contributed by atoms with Gasteiger partial charge >= 0.3 is 24.4 Å². The molecule has 0 radical (unpaired) electrons. The number of aryl methyl sites for hydroxylation is 1. The minimum atomic E-state index is -4.43. The SMILES string of the molecule is CCn1nc(C(=O)NCC2(O)CCC(C)CC2)c(C)c1-c1ccc(C[C@H](C)C(F)(F)F)cc1OC(F)F.O=S=O. The van der Waals surface area contributed by atoms with Crippen molar-refractivity contribution in [2.45, 2.75) is 84.7 Å². The molecule has 0 aliphatic heterocycles. The Morgan fingerprint density at radius 3 is 2.40 bits per heavy atom. The minimum Gasteiger partial charge on any atom is -0.434 e. The Morgan fingerprint density at radius 2 is 1.88 bits per heavy atom. The first-order valence-electron chi connectivity index (χ1n) is 12.8. The summed E-state index contributed by atoms with van der Waals surface area (Å²) in [5.74, 6) is -1.95. The molecule has 8 nitrogen and oxygen atoms in total. The number of aromatic nitrogens is 2. The molecule has 1 aliphatic carbocycles. The fraction of sp³-hybridized carbons (Fsp3) is 0.615. The first-order valence-corrected chi connectivity index (χ1v) is 13.5. The van der Waals surface area contributed by atoms with Crippen LogP contribution in [0.4, 0.5) is 22.0 Å². The van der Waals surface area contributed by atoms with Crippen molar-refractivity contribution in [2.24, 2.45) is 11.8 Å². The first-order chi connectivity index (χ1) is 18.7. The zero-order valence-corrected chi connectivity index (χ0v) is 23.5. The van der Waals surface area contributed by atoms with E-state index in [-0.39, 0.29) is 29.1 Å². The monoisotopic (exact) mass is 595 g/mol. The fourth-order valence-electron chi connectivity index (χ4n) is 4.69. The Balaban J connectivity index is 0.00000178. The molecule has 1 heterocycles. The average molecular weight is 596 g/mol. The van der Waals surface area contributed by atoms with Gasteiger partial charge in [-0.2, -0.15) is 35.5 Å². The van der Waals surface area contributed by atoms with Gasteiger partial charge in [0, 0.05) is 24.2 Å². The van der Waals surface area contributed by atoms with Gasteiger partial charge in [-0.15, -0.1) is 0 Å². The summed E-state index contributed by atoms with van der Waals surface area (Å²) in [5, 5.41) is 17.9. The van der Waals surface area contributed by atoms with Gasteiger partial charge in [0.15, 0.2) is 5.69 Å². The van der Waals surface area contributed by atoms with Gasteiger partial charge in [-0.05, 0) is 69.6 Å². The summed E-state index contributed by atoms with van der Waals surface area (Å²) in [5.41, 5.74) is 0.214. The molecule has 40 heavy (non-hydrogen) atoms. The largest absolute Gasteiger partial charge is 0.434 e. The number of benzene rings is 1. The summed E-state index contributed by atoms with van der Waals surface area (Å²) >= 11 is -0.750. The van der Waals surface area contributed by atoms with E-state index in [4.69, 9.17) is 13.2 Å². The van der Waals surface area contributed by atoms with Gasteiger partial charge in [0.1, 0.15) is 5.75 Å². The van der Waals surface area contributed by atoms with Gasteiger partial charge in [0.25, 0.3) is 5.91 Å². The van der Waals surface area contributed by atoms with Gasteiger partial charge in [-0.3, -0.25) is 9.48 Å². The van der Waals surface area contributed by atoms with Gasteiger partial charge < -0.3 is 15.2 Å². The third-order valence-electron chi connectivity index (χ3n) is 7.10. The maximum absolute atomic E-state index is 13.2. The van der Waals surface area contributed by atoms with Crippen LogP contribution in [-0.4, -0.2) is 54.1 Å². The Bertz CT molecular complexity index is 1190. The van der Waals surface area contributed by atoms with Crippen LogP contribution in [0.1, 0.15) is 68.1 Å². The summed E-state index contributed by atoms with van der Waals surface area (Å²) in [6.45, 7) is 3.69. The molecule has 0 spiro atoms. The van der Waals surface area contributed by atoms with Crippen LogP contribution >= 0.6 is 0 Å². The van der Waals surface area contributed by atoms with Crippen LogP contribution in [0.5, 0.6) is 5.75 Å². The molecule has 0 bridgehead atoms. The maximum Gasteiger partial charge on any atom is 0.391 e. The quantitative estimate of drug-likeness (QED) is 0.385. The third kappa shape index (κ3) is 8.82. The second-order valence-corrected chi connectivity index (χ2v) is 10.3. The Hall–Kier alpha value is -2.87. The number of hydrogen-bond acceptors (Lipinski definition) is 6. The first kappa shape index (κ1) is 33.3. The van der Waals surface area contributed by atoms with Crippen LogP contribution in [0, 0.1) is 18.8 Å². The number of carbonyl (C=O) groups excluding carboxylic acids is 1. The number of amides is 1. The number of halogens is 5. The molecule has 0 saturated heterocycles. The van der Waals surface area contributed by atoms with Crippen LogP contribution in [0.15, 0.2) is 18.2 Å². The van der Waals surface area contributed by atoms with E-state index in [1.54, 1.807) is 13.8 Å². The van der Waals surface area contributed by atoms with Crippen molar-refractivity contribution >= 4 is 17.5 Å². The normalized spacial score (nSPS) is 19.9. The van der Waals surface area contributed by atoms with Gasteiger partial charge in [-0.25, -0.2) is 0 Å². The lowest BCUT2D eigenvalue weighted by Gasteiger charge is -2.34. The van der Waals surface area contributed by atoms with Crippen LogP contribution in [0.25, 0.3) is 11.3 Å². The van der Waals surface area contributed by atoms with Crippen molar-refractivity contribution in [1.29, 1.82) is 0 Å². The number of nitrogens with one attached hydrogen (secondary N) is 1. The molecule has 2 aromatic rings. The summed E-state index contributed by atoms with van der Waals surface area (Å²) < 4.78 is 88.3. The van der Waals surface area contributed by atoms with Crippen LogP contribution < -0.4 is 10.1 Å². The topological polar surface area (TPSA) is 111 Å². The number of aliphatic hydroxyl groups is 1. The average Bonchev–Trinajstić information content (AvgIpc) is 3.20. The highest BCUT2D eigenvalue weighted by Gasteiger charge is 2.36. The predicted octanol–water partition coefficient (Wildman–Crippen LogP) is 5.22. The van der Waals surface area contributed by atoms with Crippen molar-refractivity contribution in [2.75, 3.05) is 6.54 Å². The highest BCUT2D eigenvalue weighted by Crippen LogP contribution is 2.37. The minimum absolute atomic E-state index is 0.0676. The van der Waals surface area contributed by atoms with Gasteiger partial charge in [0.05, 0.1) is 17.2 Å². The van der Waals surface area contributed by atoms with E-state index >= 15 is 0 Å². The molecular formula is C26H34F5N3O5S. The van der Waals surface area contributed by atoms with Gasteiger partial charge in [0.2, 0.25) is 0 Å². The molecule has 1 aromatic carbocycles. The second kappa shape index (κ2) is 14.2. The van der Waals surface area contributed by atoms with E-state index < -0.39 is 48.2 Å². The van der Waals surface area contributed by atoms with E-state index in [1.165, 1.54) is 22.9 Å². The van der Waals surface area contributed by atoms with Crippen molar-refractivity contribution < 1.29 is 45.0 Å². The van der Waals surface area contributed by atoms with E-state index in [0.29, 0.717) is 36.6 Å². The molecule has 1 aromatic heterocycles. The molecule has 1 fully saturated rings. The van der Waals surface area contributed by atoms with Crippen molar-refractivity contribution in [3.05, 3.63) is 35.0 Å². The Kier molecular flexibility index (Phi) is 11.8. The zero-order valence-electron chi connectivity index (χ0n) is 22.7. The van der Waals surface area contributed by atoms with Crippen molar-refractivity contribution in [3.63, 3.8) is 0 Å². The molecule has 1 saturated carbocycles. The number of nitrogens with zero attached hydrogens (tertiary/aromatic N) is 2. The summed E-state index contributed by atoms with van der Waals surface area (Å²) in [6.07, 6.45) is -1.93. The molecular weight excluding hydrogens is 561 g/mol. The molecule has 224 valence electrons. The molecule has 1 aliphatic rings. The third-order valence-corrected chi connectivity index (χ3v) is 7.10. The number of carbonyl (C=O) groups is 1. The lowest BCUT2D eigenvalue weighted by atomic mass is 9.79. The van der Waals surface area contributed by atoms with Gasteiger partial charge in [-0.1, -0.05) is 19.9 Å². The molecule has 3 rings (SSSR count). The standard InChI is InChI=1S/C26H34F5N3O3.O2S/c1-5-34-22(17(4)21(33-34)23(35)32-14-25(36)10-8-15(2)9-11-25)19-7-6-18(12-16(3)26(29,30)31)13-20(19)37-24(27)28;1-3-2/h6-7,13,15-16,24,36H,5,8-12,14H2,1-4H3,(H,32,35);/t15?,16-,25?;/m0./s1. The van der Waals surface area contributed by atoms with E-state index in [0.717, 1.165) is 19.8 Å². The van der Waals surface area contributed by atoms with Crippen molar-refractivity contribution in [3.8, 4) is 17.0 Å². The van der Waals surface area contributed by atoms with E-state index in [2.05, 4.69) is 17.3 Å². The highest BCUT2D eigenvalue weighted by molar-refractivity contribution is 7.51.